The standard InChI is InChI=1S/C18H25N3OS.HI/c1-4-19-18(20-11-14(2)16-9-10-23-13-16)21-12-15-5-7-17(22-3)8-6-15;/h5-10,13-14H,4,11-12H2,1-3H3,(H2,19,20,21);1H. The molecular weight excluding hydrogens is 433 g/mol. The molecule has 0 bridgehead atoms. The van der Waals surface area contributed by atoms with Crippen LogP contribution in [0.1, 0.15) is 30.9 Å². The third-order valence-corrected chi connectivity index (χ3v) is 4.31. The minimum Gasteiger partial charge on any atom is -0.497 e. The molecule has 1 aromatic carbocycles. The van der Waals surface area contributed by atoms with Crippen LogP contribution in [0.25, 0.3) is 0 Å². The summed E-state index contributed by atoms with van der Waals surface area (Å²) in [6.07, 6.45) is 0. The van der Waals surface area contributed by atoms with Crippen LogP contribution in [0, 0.1) is 0 Å². The van der Waals surface area contributed by atoms with Gasteiger partial charge in [0.2, 0.25) is 0 Å². The number of hydrogen-bond donors (Lipinski definition) is 2. The fraction of sp³-hybridized carbons (Fsp3) is 0.389. The van der Waals surface area contributed by atoms with Gasteiger partial charge in [-0.25, -0.2) is 4.99 Å². The van der Waals surface area contributed by atoms with E-state index in [2.05, 4.69) is 46.3 Å². The van der Waals surface area contributed by atoms with Crippen molar-refractivity contribution in [2.75, 3.05) is 20.2 Å². The molecule has 0 spiro atoms. The molecule has 24 heavy (non-hydrogen) atoms. The van der Waals surface area contributed by atoms with Gasteiger partial charge in [-0.05, 0) is 52.9 Å². The Morgan fingerprint density at radius 1 is 1.21 bits per heavy atom. The first-order chi connectivity index (χ1) is 11.2. The molecule has 0 radical (unpaired) electrons. The van der Waals surface area contributed by atoms with Crippen molar-refractivity contribution < 1.29 is 4.74 Å². The van der Waals surface area contributed by atoms with Crippen molar-refractivity contribution in [1.82, 2.24) is 10.6 Å². The van der Waals surface area contributed by atoms with Crippen LogP contribution >= 0.6 is 35.3 Å². The molecule has 2 aromatic rings. The lowest BCUT2D eigenvalue weighted by atomic mass is 10.1. The van der Waals surface area contributed by atoms with E-state index in [1.165, 1.54) is 5.56 Å². The Kier molecular flexibility index (Phi) is 9.78. The highest BCUT2D eigenvalue weighted by atomic mass is 127. The number of halogens is 1. The van der Waals surface area contributed by atoms with Gasteiger partial charge in [-0.15, -0.1) is 24.0 Å². The normalized spacial score (nSPS) is 12.2. The zero-order valence-electron chi connectivity index (χ0n) is 14.4. The number of benzene rings is 1. The summed E-state index contributed by atoms with van der Waals surface area (Å²) >= 11 is 1.74. The van der Waals surface area contributed by atoms with Crippen LogP contribution in [0.4, 0.5) is 0 Å². The number of nitrogens with zero attached hydrogens (tertiary/aromatic N) is 1. The third-order valence-electron chi connectivity index (χ3n) is 3.61. The van der Waals surface area contributed by atoms with Crippen molar-refractivity contribution in [3.05, 3.63) is 52.2 Å². The summed E-state index contributed by atoms with van der Waals surface area (Å²) in [7, 11) is 1.68. The van der Waals surface area contributed by atoms with Crippen LogP contribution in [-0.2, 0) is 6.54 Å². The van der Waals surface area contributed by atoms with Crippen LogP contribution in [0.5, 0.6) is 5.75 Å². The van der Waals surface area contributed by atoms with Crippen molar-refractivity contribution in [2.24, 2.45) is 4.99 Å². The molecule has 0 aliphatic carbocycles. The smallest absolute Gasteiger partial charge is 0.191 e. The van der Waals surface area contributed by atoms with Crippen molar-refractivity contribution in [2.45, 2.75) is 26.3 Å². The van der Waals surface area contributed by atoms with Crippen LogP contribution in [0.2, 0.25) is 0 Å². The molecule has 0 saturated carbocycles. The van der Waals surface area contributed by atoms with Crippen molar-refractivity contribution in [1.29, 1.82) is 0 Å². The predicted octanol–water partition coefficient (Wildman–Crippen LogP) is 4.23. The van der Waals surface area contributed by atoms with Crippen molar-refractivity contribution in [3.8, 4) is 5.75 Å². The third kappa shape index (κ3) is 6.68. The number of nitrogens with one attached hydrogen (secondary N) is 2. The van der Waals surface area contributed by atoms with Gasteiger partial charge in [0.15, 0.2) is 5.96 Å². The lowest BCUT2D eigenvalue weighted by Gasteiger charge is -2.15. The van der Waals surface area contributed by atoms with Crippen molar-refractivity contribution in [3.63, 3.8) is 0 Å². The second kappa shape index (κ2) is 11.3. The lowest BCUT2D eigenvalue weighted by molar-refractivity contribution is 0.414. The second-order valence-electron chi connectivity index (χ2n) is 5.38. The lowest BCUT2D eigenvalue weighted by Crippen LogP contribution is -2.39. The summed E-state index contributed by atoms with van der Waals surface area (Å²) in [4.78, 5) is 4.65. The van der Waals surface area contributed by atoms with Gasteiger partial charge in [0, 0.05) is 13.1 Å². The Labute approximate surface area is 165 Å². The summed E-state index contributed by atoms with van der Waals surface area (Å²) in [5.41, 5.74) is 2.53. The maximum Gasteiger partial charge on any atom is 0.191 e. The molecule has 2 N–H and O–H groups in total. The molecule has 6 heteroatoms. The summed E-state index contributed by atoms with van der Waals surface area (Å²) in [5.74, 6) is 2.18. The fourth-order valence-corrected chi connectivity index (χ4v) is 2.95. The van der Waals surface area contributed by atoms with E-state index in [1.54, 1.807) is 18.4 Å². The number of guanidine groups is 1. The Morgan fingerprint density at radius 2 is 1.96 bits per heavy atom. The molecule has 4 nitrogen and oxygen atoms in total. The maximum atomic E-state index is 5.17. The first kappa shape index (κ1) is 20.8. The number of aliphatic imine (C=N–C) groups is 1. The molecule has 0 aliphatic heterocycles. The van der Waals surface area contributed by atoms with Crippen LogP contribution < -0.4 is 15.4 Å². The van der Waals surface area contributed by atoms with Crippen molar-refractivity contribution >= 4 is 41.3 Å². The Hall–Kier alpha value is -1.28. The molecule has 1 aromatic heterocycles. The molecule has 0 fully saturated rings. The second-order valence-corrected chi connectivity index (χ2v) is 6.16. The average Bonchev–Trinajstić information content (AvgIpc) is 3.12. The summed E-state index contributed by atoms with van der Waals surface area (Å²) in [6.45, 7) is 6.66. The fourth-order valence-electron chi connectivity index (χ4n) is 2.17. The first-order valence-corrected chi connectivity index (χ1v) is 8.84. The number of rotatable bonds is 7. The van der Waals surface area contributed by atoms with Gasteiger partial charge in [-0.2, -0.15) is 11.3 Å². The number of methoxy groups -OCH3 is 1. The molecule has 0 amide bonds. The minimum absolute atomic E-state index is 0. The van der Waals surface area contributed by atoms with Crippen LogP contribution in [-0.4, -0.2) is 26.2 Å². The van der Waals surface area contributed by atoms with Gasteiger partial charge in [0.05, 0.1) is 13.7 Å². The van der Waals surface area contributed by atoms with Gasteiger partial charge >= 0.3 is 0 Å². The Balaban J connectivity index is 0.00000288. The first-order valence-electron chi connectivity index (χ1n) is 7.90. The maximum absolute atomic E-state index is 5.17. The van der Waals surface area contributed by atoms with Gasteiger partial charge in [-0.1, -0.05) is 19.1 Å². The van der Waals surface area contributed by atoms with Gasteiger partial charge in [0.1, 0.15) is 5.75 Å². The van der Waals surface area contributed by atoms with Gasteiger partial charge < -0.3 is 15.4 Å². The molecule has 0 aliphatic rings. The van der Waals surface area contributed by atoms with E-state index >= 15 is 0 Å². The summed E-state index contributed by atoms with van der Waals surface area (Å²) in [6, 6.07) is 10.2. The number of hydrogen-bond acceptors (Lipinski definition) is 3. The Bertz CT molecular complexity index is 599. The number of ether oxygens (including phenoxy) is 1. The van der Waals surface area contributed by atoms with E-state index in [4.69, 9.17) is 4.74 Å². The highest BCUT2D eigenvalue weighted by Gasteiger charge is 2.07. The van der Waals surface area contributed by atoms with E-state index in [-0.39, 0.29) is 24.0 Å². The van der Waals surface area contributed by atoms with Gasteiger partial charge in [-0.3, -0.25) is 0 Å². The molecule has 132 valence electrons. The highest BCUT2D eigenvalue weighted by molar-refractivity contribution is 14.0. The summed E-state index contributed by atoms with van der Waals surface area (Å²) in [5, 5.41) is 11.0. The molecule has 2 rings (SSSR count). The van der Waals surface area contributed by atoms with E-state index in [0.29, 0.717) is 12.5 Å². The zero-order chi connectivity index (χ0) is 16.5. The monoisotopic (exact) mass is 459 g/mol. The molecule has 1 atom stereocenters. The minimum atomic E-state index is 0. The van der Waals surface area contributed by atoms with Gasteiger partial charge in [0.25, 0.3) is 0 Å². The summed E-state index contributed by atoms with van der Waals surface area (Å²) < 4.78 is 5.17. The topological polar surface area (TPSA) is 45.7 Å². The number of thiophene rings is 1. The Morgan fingerprint density at radius 3 is 2.54 bits per heavy atom. The zero-order valence-corrected chi connectivity index (χ0v) is 17.6. The molecule has 0 saturated heterocycles. The van der Waals surface area contributed by atoms with E-state index < -0.39 is 0 Å². The SMILES string of the molecule is CCNC(=NCc1ccc(OC)cc1)NCC(C)c1ccsc1.I. The van der Waals surface area contributed by atoms with Crippen LogP contribution in [0.3, 0.4) is 0 Å². The van der Waals surface area contributed by atoms with E-state index in [0.717, 1.165) is 30.4 Å². The van der Waals surface area contributed by atoms with Crippen LogP contribution in [0.15, 0.2) is 46.1 Å². The largest absolute Gasteiger partial charge is 0.497 e. The average molecular weight is 459 g/mol. The van der Waals surface area contributed by atoms with E-state index in [9.17, 15) is 0 Å². The highest BCUT2D eigenvalue weighted by Crippen LogP contribution is 2.17. The quantitative estimate of drug-likeness (QED) is 0.370. The molecular formula is C18H26IN3OS. The predicted molar refractivity (Wildman–Crippen MR) is 114 cm³/mol. The molecule has 1 heterocycles. The molecule has 1 unspecified atom stereocenters. The van der Waals surface area contributed by atoms with E-state index in [1.807, 2.05) is 24.3 Å².